The lowest BCUT2D eigenvalue weighted by Gasteiger charge is -2.22. The molecule has 5 nitrogen and oxygen atoms in total. The molecule has 3 rings (SSSR count). The number of carbonyl (C=O) groups excluding carboxylic acids is 2. The Morgan fingerprint density at radius 1 is 1.03 bits per heavy atom. The summed E-state index contributed by atoms with van der Waals surface area (Å²) in [6.45, 7) is 2.12. The van der Waals surface area contributed by atoms with Crippen LogP contribution in [0.25, 0.3) is 0 Å². The lowest BCUT2D eigenvalue weighted by atomic mass is 9.95. The number of halogens is 2. The number of esters is 1. The quantitative estimate of drug-likeness (QED) is 0.459. The fourth-order valence-corrected chi connectivity index (χ4v) is 5.09. The van der Waals surface area contributed by atoms with Gasteiger partial charge in [-0.25, -0.2) is 4.79 Å². The van der Waals surface area contributed by atoms with Crippen LogP contribution in [0.15, 0.2) is 45.3 Å². The number of ether oxygens (including phenoxy) is 2. The summed E-state index contributed by atoms with van der Waals surface area (Å²) in [6.07, 6.45) is 5.50. The molecule has 1 saturated carbocycles. The normalized spacial score (nSPS) is 14.2. The number of nitrogens with one attached hydrogen (secondary N) is 1. The molecule has 2 aromatic rings. The van der Waals surface area contributed by atoms with Gasteiger partial charge in [0, 0.05) is 6.04 Å². The fraction of sp³-hybridized carbons (Fsp3) is 0.391. The average molecular weight is 539 g/mol. The molecule has 0 saturated heterocycles. The Hall–Kier alpha value is -1.86. The number of carbonyl (C=O) groups is 2. The summed E-state index contributed by atoms with van der Waals surface area (Å²) in [7, 11) is 0. The summed E-state index contributed by atoms with van der Waals surface area (Å²) < 4.78 is 12.8. The molecule has 0 spiro atoms. The van der Waals surface area contributed by atoms with E-state index >= 15 is 0 Å². The van der Waals surface area contributed by atoms with Crippen LogP contribution in [0.2, 0.25) is 0 Å². The van der Waals surface area contributed by atoms with Crippen molar-refractivity contribution in [2.75, 3.05) is 6.61 Å². The average Bonchev–Trinajstić information content (AvgIpc) is 2.72. The van der Waals surface area contributed by atoms with Crippen molar-refractivity contribution in [2.24, 2.45) is 0 Å². The number of rotatable bonds is 7. The first-order valence-corrected chi connectivity index (χ1v) is 11.6. The standard InChI is InChI=1S/C23H25Br2NO4/c1-15-11-19(24)22(20(25)12-15)29-13-16-7-9-17(10-8-16)23(28)30-14-21(27)26-18-5-3-2-4-6-18/h7-12,18H,2-6,13-14H2,1H3,(H,26,27). The summed E-state index contributed by atoms with van der Waals surface area (Å²) in [6, 6.07) is 11.2. The Balaban J connectivity index is 1.47. The van der Waals surface area contributed by atoms with Crippen molar-refractivity contribution in [1.82, 2.24) is 5.32 Å². The highest BCUT2D eigenvalue weighted by molar-refractivity contribution is 9.11. The summed E-state index contributed by atoms with van der Waals surface area (Å²) in [5.41, 5.74) is 2.44. The Labute approximate surface area is 193 Å². The second-order valence-corrected chi connectivity index (χ2v) is 9.23. The van der Waals surface area contributed by atoms with Crippen molar-refractivity contribution < 1.29 is 19.1 Å². The van der Waals surface area contributed by atoms with E-state index in [1.54, 1.807) is 12.1 Å². The highest BCUT2D eigenvalue weighted by Gasteiger charge is 2.17. The van der Waals surface area contributed by atoms with E-state index in [2.05, 4.69) is 37.2 Å². The highest BCUT2D eigenvalue weighted by Crippen LogP contribution is 2.35. The summed E-state index contributed by atoms with van der Waals surface area (Å²) in [5.74, 6) is -0.0205. The number of hydrogen-bond donors (Lipinski definition) is 1. The van der Waals surface area contributed by atoms with Gasteiger partial charge in [0.25, 0.3) is 5.91 Å². The molecule has 0 bridgehead atoms. The zero-order valence-corrected chi connectivity index (χ0v) is 20.1. The third kappa shape index (κ3) is 6.57. The maximum absolute atomic E-state index is 12.2. The van der Waals surface area contributed by atoms with Crippen molar-refractivity contribution in [2.45, 2.75) is 51.7 Å². The maximum Gasteiger partial charge on any atom is 0.338 e. The number of hydrogen-bond acceptors (Lipinski definition) is 4. The van der Waals surface area contributed by atoms with E-state index in [0.29, 0.717) is 12.2 Å². The van der Waals surface area contributed by atoms with Gasteiger partial charge in [0.15, 0.2) is 6.61 Å². The van der Waals surface area contributed by atoms with Crippen molar-refractivity contribution in [1.29, 1.82) is 0 Å². The molecular formula is C23H25Br2NO4. The van der Waals surface area contributed by atoms with Gasteiger partial charge < -0.3 is 14.8 Å². The largest absolute Gasteiger partial charge is 0.487 e. The van der Waals surface area contributed by atoms with Crippen molar-refractivity contribution in [3.05, 3.63) is 62.0 Å². The SMILES string of the molecule is Cc1cc(Br)c(OCc2ccc(C(=O)OCC(=O)NC3CCCCC3)cc2)c(Br)c1. The molecule has 1 N–H and O–H groups in total. The van der Waals surface area contributed by atoms with Gasteiger partial charge in [-0.15, -0.1) is 0 Å². The minimum Gasteiger partial charge on any atom is -0.487 e. The summed E-state index contributed by atoms with van der Waals surface area (Å²) >= 11 is 7.03. The van der Waals surface area contributed by atoms with Crippen LogP contribution in [-0.4, -0.2) is 24.5 Å². The molecule has 0 aromatic heterocycles. The second-order valence-electron chi connectivity index (χ2n) is 7.52. The molecule has 30 heavy (non-hydrogen) atoms. The van der Waals surface area contributed by atoms with Gasteiger partial charge in [0.05, 0.1) is 14.5 Å². The van der Waals surface area contributed by atoms with Crippen LogP contribution in [0.1, 0.15) is 53.6 Å². The Morgan fingerprint density at radius 2 is 1.67 bits per heavy atom. The Kier molecular flexibility index (Phi) is 8.33. The Morgan fingerprint density at radius 3 is 2.30 bits per heavy atom. The number of aryl methyl sites for hydroxylation is 1. The van der Waals surface area contributed by atoms with E-state index in [1.165, 1.54) is 6.42 Å². The molecule has 1 fully saturated rings. The molecule has 0 atom stereocenters. The zero-order chi connectivity index (χ0) is 21.5. The predicted octanol–water partition coefficient (Wildman–Crippen LogP) is 5.70. The minimum absolute atomic E-state index is 0.206. The van der Waals surface area contributed by atoms with Gasteiger partial charge in [-0.2, -0.15) is 0 Å². The van der Waals surface area contributed by atoms with Gasteiger partial charge >= 0.3 is 5.97 Å². The molecule has 160 valence electrons. The predicted molar refractivity (Wildman–Crippen MR) is 123 cm³/mol. The van der Waals surface area contributed by atoms with Crippen molar-refractivity contribution in [3.63, 3.8) is 0 Å². The van der Waals surface area contributed by atoms with Crippen LogP contribution in [0.5, 0.6) is 5.75 Å². The maximum atomic E-state index is 12.2. The Bertz CT molecular complexity index is 870. The lowest BCUT2D eigenvalue weighted by molar-refractivity contribution is -0.125. The van der Waals surface area contributed by atoms with E-state index < -0.39 is 5.97 Å². The molecule has 1 aliphatic carbocycles. The summed E-state index contributed by atoms with van der Waals surface area (Å²) in [4.78, 5) is 24.2. The molecule has 1 aliphatic rings. The zero-order valence-electron chi connectivity index (χ0n) is 16.9. The lowest BCUT2D eigenvalue weighted by Crippen LogP contribution is -2.38. The van der Waals surface area contributed by atoms with Crippen LogP contribution in [0.4, 0.5) is 0 Å². The molecule has 7 heteroatoms. The van der Waals surface area contributed by atoms with Gasteiger partial charge in [0.1, 0.15) is 12.4 Å². The smallest absolute Gasteiger partial charge is 0.338 e. The van der Waals surface area contributed by atoms with Crippen molar-refractivity contribution >= 4 is 43.7 Å². The number of amides is 1. The van der Waals surface area contributed by atoms with Gasteiger partial charge in [-0.3, -0.25) is 4.79 Å². The van der Waals surface area contributed by atoms with E-state index in [0.717, 1.165) is 51.5 Å². The first-order chi connectivity index (χ1) is 14.4. The first kappa shape index (κ1) is 22.8. The highest BCUT2D eigenvalue weighted by atomic mass is 79.9. The summed E-state index contributed by atoms with van der Waals surface area (Å²) in [5, 5.41) is 2.94. The van der Waals surface area contributed by atoms with Crippen LogP contribution < -0.4 is 10.1 Å². The van der Waals surface area contributed by atoms with Crippen LogP contribution in [0, 0.1) is 6.92 Å². The van der Waals surface area contributed by atoms with E-state index in [4.69, 9.17) is 9.47 Å². The van der Waals surface area contributed by atoms with Gasteiger partial charge in [-0.1, -0.05) is 31.4 Å². The van der Waals surface area contributed by atoms with Crippen LogP contribution >= 0.6 is 31.9 Å². The molecule has 0 aliphatic heterocycles. The van der Waals surface area contributed by atoms with E-state index in [9.17, 15) is 9.59 Å². The molecule has 1 amide bonds. The van der Waals surface area contributed by atoms with Crippen LogP contribution in [-0.2, 0) is 16.1 Å². The molecule has 0 heterocycles. The fourth-order valence-electron chi connectivity index (χ4n) is 3.45. The number of benzene rings is 2. The van der Waals surface area contributed by atoms with Gasteiger partial charge in [-0.05, 0) is 87.0 Å². The molecule has 0 radical (unpaired) electrons. The second kappa shape index (κ2) is 11.0. The molecule has 2 aromatic carbocycles. The third-order valence-corrected chi connectivity index (χ3v) is 6.20. The minimum atomic E-state index is -0.509. The van der Waals surface area contributed by atoms with Crippen molar-refractivity contribution in [3.8, 4) is 5.75 Å². The molecule has 0 unspecified atom stereocenters. The van der Waals surface area contributed by atoms with Crippen LogP contribution in [0.3, 0.4) is 0 Å². The topological polar surface area (TPSA) is 64.6 Å². The first-order valence-electron chi connectivity index (χ1n) is 10.1. The molecular weight excluding hydrogens is 514 g/mol. The van der Waals surface area contributed by atoms with Gasteiger partial charge in [0.2, 0.25) is 0 Å². The third-order valence-electron chi connectivity index (χ3n) is 5.02. The monoisotopic (exact) mass is 537 g/mol. The van der Waals surface area contributed by atoms with E-state index in [-0.39, 0.29) is 18.6 Å². The van der Waals surface area contributed by atoms with E-state index in [1.807, 2.05) is 31.2 Å².